The molecule has 0 unspecified atom stereocenters. The highest BCUT2D eigenvalue weighted by Gasteiger charge is 2.27. The maximum atomic E-state index is 13.8. The van der Waals surface area contributed by atoms with E-state index in [4.69, 9.17) is 0 Å². The second-order valence-electron chi connectivity index (χ2n) is 5.72. The van der Waals surface area contributed by atoms with Gasteiger partial charge in [0.15, 0.2) is 5.82 Å². The summed E-state index contributed by atoms with van der Waals surface area (Å²) in [5.41, 5.74) is 0.121. The van der Waals surface area contributed by atoms with E-state index in [1.54, 1.807) is 11.6 Å². The molecule has 2 amide bonds. The molecule has 128 valence electrons. The Balaban J connectivity index is 1.60. The second-order valence-corrected chi connectivity index (χ2v) is 5.72. The van der Waals surface area contributed by atoms with Gasteiger partial charge in [0.05, 0.1) is 18.6 Å². The monoisotopic (exact) mass is 336 g/mol. The molecule has 1 aliphatic rings. The van der Waals surface area contributed by atoms with Crippen LogP contribution in [0.25, 0.3) is 0 Å². The van der Waals surface area contributed by atoms with E-state index in [0.29, 0.717) is 18.3 Å². The first-order valence-corrected chi connectivity index (χ1v) is 7.84. The number of carbonyl (C=O) groups excluding carboxylic acids is 1. The second kappa shape index (κ2) is 6.90. The topological polar surface area (TPSA) is 84.7 Å². The Labute approximate surface area is 137 Å². The third-order valence-electron chi connectivity index (χ3n) is 3.91. The Morgan fingerprint density at radius 3 is 2.92 bits per heavy atom. The van der Waals surface area contributed by atoms with Gasteiger partial charge in [-0.3, -0.25) is 0 Å². The van der Waals surface area contributed by atoms with Crippen LogP contribution in [0.15, 0.2) is 18.2 Å². The van der Waals surface area contributed by atoms with E-state index in [0.717, 1.165) is 31.0 Å². The molecule has 1 aromatic heterocycles. The zero-order chi connectivity index (χ0) is 17.1. The lowest BCUT2D eigenvalue weighted by Gasteiger charge is -2.18. The van der Waals surface area contributed by atoms with Gasteiger partial charge in [0.25, 0.3) is 0 Å². The van der Waals surface area contributed by atoms with Crippen molar-refractivity contribution in [3.63, 3.8) is 0 Å². The average molecular weight is 336 g/mol. The Morgan fingerprint density at radius 2 is 2.21 bits per heavy atom. The van der Waals surface area contributed by atoms with Gasteiger partial charge in [-0.05, 0) is 47.9 Å². The van der Waals surface area contributed by atoms with E-state index >= 15 is 0 Å². The lowest BCUT2D eigenvalue weighted by Crippen LogP contribution is -2.38. The lowest BCUT2D eigenvalue weighted by atomic mass is 10.0. The molecule has 0 radical (unpaired) electrons. The van der Waals surface area contributed by atoms with Crippen molar-refractivity contribution in [1.29, 1.82) is 0 Å². The van der Waals surface area contributed by atoms with Crippen LogP contribution in [0.4, 0.5) is 13.6 Å². The van der Waals surface area contributed by atoms with Gasteiger partial charge < -0.3 is 10.6 Å². The summed E-state index contributed by atoms with van der Waals surface area (Å²) >= 11 is 0. The maximum Gasteiger partial charge on any atom is 0.315 e. The van der Waals surface area contributed by atoms with Crippen LogP contribution in [0.5, 0.6) is 0 Å². The van der Waals surface area contributed by atoms with Gasteiger partial charge >= 0.3 is 6.03 Å². The first-order valence-electron chi connectivity index (χ1n) is 7.84. The molecule has 9 heteroatoms. The van der Waals surface area contributed by atoms with Crippen LogP contribution in [0.1, 0.15) is 49.7 Å². The van der Waals surface area contributed by atoms with Crippen LogP contribution in [-0.2, 0) is 6.54 Å². The predicted octanol–water partition coefficient (Wildman–Crippen LogP) is 2.24. The number of hydrogen-bond donors (Lipinski definition) is 2. The number of tetrazole rings is 1. The fourth-order valence-corrected chi connectivity index (χ4v) is 2.48. The molecule has 0 saturated heterocycles. The molecule has 1 saturated carbocycles. The first-order chi connectivity index (χ1) is 11.6. The minimum atomic E-state index is -0.625. The fourth-order valence-electron chi connectivity index (χ4n) is 2.48. The first kappa shape index (κ1) is 16.3. The number of nitrogens with zero attached hydrogens (tertiary/aromatic N) is 4. The number of hydrogen-bond acceptors (Lipinski definition) is 4. The molecule has 24 heavy (non-hydrogen) atoms. The quantitative estimate of drug-likeness (QED) is 0.847. The molecule has 0 bridgehead atoms. The van der Waals surface area contributed by atoms with Gasteiger partial charge in [0.2, 0.25) is 0 Å². The third-order valence-corrected chi connectivity index (χ3v) is 3.91. The smallest absolute Gasteiger partial charge is 0.315 e. The summed E-state index contributed by atoms with van der Waals surface area (Å²) in [4.78, 5) is 12.1. The van der Waals surface area contributed by atoms with Crippen LogP contribution >= 0.6 is 0 Å². The van der Waals surface area contributed by atoms with Crippen molar-refractivity contribution in [2.75, 3.05) is 0 Å². The Morgan fingerprint density at radius 1 is 1.42 bits per heavy atom. The number of amides is 2. The molecule has 1 atom stereocenters. The van der Waals surface area contributed by atoms with Crippen LogP contribution in [-0.4, -0.2) is 26.2 Å². The van der Waals surface area contributed by atoms with Gasteiger partial charge in [-0.15, -0.1) is 5.10 Å². The van der Waals surface area contributed by atoms with Crippen molar-refractivity contribution in [3.8, 4) is 0 Å². The fraction of sp³-hybridized carbons (Fsp3) is 0.467. The molecule has 2 N–H and O–H groups in total. The summed E-state index contributed by atoms with van der Waals surface area (Å²) in [6, 6.07) is 2.39. The highest BCUT2D eigenvalue weighted by Crippen LogP contribution is 2.34. The molecular formula is C15H18F2N6O. The highest BCUT2D eigenvalue weighted by molar-refractivity contribution is 5.74. The number of halogens is 2. The number of urea groups is 1. The molecule has 1 aliphatic carbocycles. The minimum Gasteiger partial charge on any atom is -0.331 e. The number of carbonyl (C=O) groups is 1. The summed E-state index contributed by atoms with van der Waals surface area (Å²) in [6.45, 7) is 1.94. The molecule has 0 aliphatic heterocycles. The van der Waals surface area contributed by atoms with Crippen molar-refractivity contribution in [3.05, 3.63) is 41.2 Å². The van der Waals surface area contributed by atoms with Crippen molar-refractivity contribution >= 4 is 6.03 Å². The van der Waals surface area contributed by atoms with Gasteiger partial charge in [-0.25, -0.2) is 18.3 Å². The van der Waals surface area contributed by atoms with E-state index in [1.165, 1.54) is 0 Å². The molecule has 1 fully saturated rings. The summed E-state index contributed by atoms with van der Waals surface area (Å²) in [5, 5.41) is 16.7. The number of benzene rings is 1. The lowest BCUT2D eigenvalue weighted by molar-refractivity contribution is 0.235. The van der Waals surface area contributed by atoms with E-state index in [9.17, 15) is 13.6 Å². The van der Waals surface area contributed by atoms with Gasteiger partial charge in [-0.2, -0.15) is 0 Å². The van der Waals surface area contributed by atoms with Crippen LogP contribution < -0.4 is 10.6 Å². The Hall–Kier alpha value is -2.58. The number of rotatable bonds is 6. The molecule has 0 spiro atoms. The summed E-state index contributed by atoms with van der Waals surface area (Å²) in [6.07, 6.45) is 2.48. The van der Waals surface area contributed by atoms with Crippen molar-refractivity contribution in [1.82, 2.24) is 30.8 Å². The number of aromatic nitrogens is 4. The third kappa shape index (κ3) is 3.66. The zero-order valence-electron chi connectivity index (χ0n) is 13.2. The SMILES string of the molecule is CC[C@H](NC(=O)NCc1nnnn1C1CC1)c1cc(F)ccc1F. The normalized spacial score (nSPS) is 15.1. The van der Waals surface area contributed by atoms with E-state index in [1.807, 2.05) is 0 Å². The molecule has 1 aromatic carbocycles. The standard InChI is InChI=1S/C15H18F2N6O/c1-2-13(11-7-9(16)3-6-12(11)17)19-15(24)18-8-14-20-21-22-23(14)10-4-5-10/h3,6-7,10,13H,2,4-5,8H2,1H3,(H2,18,19,24)/t13-/m0/s1. The van der Waals surface area contributed by atoms with E-state index in [-0.39, 0.29) is 12.1 Å². The van der Waals surface area contributed by atoms with Gasteiger partial charge in [0.1, 0.15) is 11.6 Å². The minimum absolute atomic E-state index is 0.121. The van der Waals surface area contributed by atoms with Gasteiger partial charge in [-0.1, -0.05) is 6.92 Å². The Kier molecular flexibility index (Phi) is 4.68. The predicted molar refractivity (Wildman–Crippen MR) is 80.8 cm³/mol. The van der Waals surface area contributed by atoms with Crippen molar-refractivity contribution < 1.29 is 13.6 Å². The summed E-state index contributed by atoms with van der Waals surface area (Å²) in [7, 11) is 0. The van der Waals surface area contributed by atoms with E-state index < -0.39 is 23.7 Å². The van der Waals surface area contributed by atoms with Crippen LogP contribution in [0.3, 0.4) is 0 Å². The molecule has 1 heterocycles. The maximum absolute atomic E-state index is 13.8. The molecule has 2 aromatic rings. The van der Waals surface area contributed by atoms with Crippen molar-refractivity contribution in [2.24, 2.45) is 0 Å². The van der Waals surface area contributed by atoms with E-state index in [2.05, 4.69) is 26.2 Å². The summed E-state index contributed by atoms with van der Waals surface area (Å²) < 4.78 is 28.9. The molecular weight excluding hydrogens is 318 g/mol. The Bertz CT molecular complexity index is 731. The van der Waals surface area contributed by atoms with Crippen LogP contribution in [0, 0.1) is 11.6 Å². The molecule has 7 nitrogen and oxygen atoms in total. The largest absolute Gasteiger partial charge is 0.331 e. The van der Waals surface area contributed by atoms with Crippen LogP contribution in [0.2, 0.25) is 0 Å². The van der Waals surface area contributed by atoms with Crippen molar-refractivity contribution in [2.45, 2.75) is 44.8 Å². The highest BCUT2D eigenvalue weighted by atomic mass is 19.1. The van der Waals surface area contributed by atoms with Gasteiger partial charge in [0, 0.05) is 5.56 Å². The number of nitrogens with one attached hydrogen (secondary N) is 2. The summed E-state index contributed by atoms with van der Waals surface area (Å²) in [5.74, 6) is -0.533. The average Bonchev–Trinajstić information content (AvgIpc) is 3.31. The zero-order valence-corrected chi connectivity index (χ0v) is 13.2. The molecule has 3 rings (SSSR count).